The van der Waals surface area contributed by atoms with Gasteiger partial charge in [-0.25, -0.2) is 9.67 Å². The van der Waals surface area contributed by atoms with Gasteiger partial charge in [-0.2, -0.15) is 0 Å². The smallest absolute Gasteiger partial charge is 0.248 e. The van der Waals surface area contributed by atoms with Crippen molar-refractivity contribution in [3.63, 3.8) is 0 Å². The molecule has 2 amide bonds. The maximum atomic E-state index is 12.2. The number of nitrogens with one attached hydrogen (secondary N) is 2. The lowest BCUT2D eigenvalue weighted by Crippen LogP contribution is -2.48. The molecule has 2 aromatic rings. The molecule has 1 saturated carbocycles. The minimum Gasteiger partial charge on any atom is -0.350 e. The number of amides is 2. The van der Waals surface area contributed by atoms with Crippen molar-refractivity contribution < 1.29 is 9.59 Å². The molecule has 1 aliphatic carbocycles. The molecule has 0 spiro atoms. The van der Waals surface area contributed by atoms with Crippen LogP contribution in [0.1, 0.15) is 31.2 Å². The highest BCUT2D eigenvalue weighted by Gasteiger charge is 2.37. The summed E-state index contributed by atoms with van der Waals surface area (Å²) in [5, 5.41) is 9.56. The van der Waals surface area contributed by atoms with Crippen molar-refractivity contribution >= 4 is 30.2 Å². The Kier molecular flexibility index (Phi) is 6.70. The highest BCUT2D eigenvalue weighted by Crippen LogP contribution is 2.27. The van der Waals surface area contributed by atoms with Gasteiger partial charge in [0, 0.05) is 6.54 Å². The average molecular weight is 379 g/mol. The van der Waals surface area contributed by atoms with Crippen molar-refractivity contribution in [3.05, 3.63) is 42.2 Å². The van der Waals surface area contributed by atoms with Crippen LogP contribution in [0.3, 0.4) is 0 Å². The standard InChI is InChI=1S/C17H22N6O2.ClH/c18-17(8-4-5-9-17)15(25)21-16-20-12-23(22-16)11-14(24)19-10-13-6-2-1-3-7-13;/h1-3,6-7,12H,4-5,8-11,18H2,(H,19,24)(H,21,22,25);1H. The van der Waals surface area contributed by atoms with E-state index < -0.39 is 5.54 Å². The summed E-state index contributed by atoms with van der Waals surface area (Å²) in [6, 6.07) is 9.64. The summed E-state index contributed by atoms with van der Waals surface area (Å²) in [7, 11) is 0. The van der Waals surface area contributed by atoms with Crippen molar-refractivity contribution in [1.29, 1.82) is 0 Å². The van der Waals surface area contributed by atoms with E-state index in [2.05, 4.69) is 20.7 Å². The van der Waals surface area contributed by atoms with E-state index in [1.165, 1.54) is 11.0 Å². The number of hydrogen-bond donors (Lipinski definition) is 3. The Bertz CT molecular complexity index is 743. The van der Waals surface area contributed by atoms with Crippen molar-refractivity contribution in [2.24, 2.45) is 5.73 Å². The normalized spacial score (nSPS) is 15.1. The molecule has 8 nitrogen and oxygen atoms in total. The number of hydrogen-bond acceptors (Lipinski definition) is 5. The van der Waals surface area contributed by atoms with Crippen LogP contribution in [-0.2, 0) is 22.7 Å². The van der Waals surface area contributed by atoms with Gasteiger partial charge in [-0.1, -0.05) is 43.2 Å². The molecule has 0 saturated heterocycles. The monoisotopic (exact) mass is 378 g/mol. The third-order valence-corrected chi connectivity index (χ3v) is 4.35. The zero-order valence-electron chi connectivity index (χ0n) is 14.4. The molecule has 4 N–H and O–H groups in total. The van der Waals surface area contributed by atoms with Crippen LogP contribution >= 0.6 is 12.4 Å². The Hall–Kier alpha value is -2.45. The quantitative estimate of drug-likeness (QED) is 0.699. The summed E-state index contributed by atoms with van der Waals surface area (Å²) in [5.74, 6) is -0.286. The van der Waals surface area contributed by atoms with Crippen LogP contribution in [0.25, 0.3) is 0 Å². The Labute approximate surface area is 158 Å². The van der Waals surface area contributed by atoms with Gasteiger partial charge in [-0.05, 0) is 18.4 Å². The molecule has 1 fully saturated rings. The first-order valence-electron chi connectivity index (χ1n) is 8.36. The van der Waals surface area contributed by atoms with Gasteiger partial charge in [0.2, 0.25) is 17.8 Å². The van der Waals surface area contributed by atoms with Crippen molar-refractivity contribution in [1.82, 2.24) is 20.1 Å². The number of anilines is 1. The number of rotatable bonds is 6. The SMILES string of the molecule is Cl.NC1(C(=O)Nc2ncn(CC(=O)NCc3ccccc3)n2)CCCC1. The Morgan fingerprint density at radius 2 is 1.88 bits per heavy atom. The van der Waals surface area contributed by atoms with Gasteiger partial charge in [-0.3, -0.25) is 14.9 Å². The van der Waals surface area contributed by atoms with Crippen LogP contribution in [0, 0.1) is 0 Å². The van der Waals surface area contributed by atoms with Gasteiger partial charge in [0.1, 0.15) is 12.9 Å². The third-order valence-electron chi connectivity index (χ3n) is 4.35. The zero-order valence-corrected chi connectivity index (χ0v) is 15.2. The van der Waals surface area contributed by atoms with Gasteiger partial charge in [0.25, 0.3) is 0 Å². The average Bonchev–Trinajstić information content (AvgIpc) is 3.24. The van der Waals surface area contributed by atoms with Crippen LogP contribution in [0.2, 0.25) is 0 Å². The summed E-state index contributed by atoms with van der Waals surface area (Å²) in [5.41, 5.74) is 6.28. The lowest BCUT2D eigenvalue weighted by atomic mass is 9.98. The van der Waals surface area contributed by atoms with Crippen LogP contribution in [-0.4, -0.2) is 32.1 Å². The number of carbonyl (C=O) groups excluding carboxylic acids is 2. The summed E-state index contributed by atoms with van der Waals surface area (Å²) in [6.07, 6.45) is 4.65. The van der Waals surface area contributed by atoms with Gasteiger partial charge >= 0.3 is 0 Å². The van der Waals surface area contributed by atoms with Crippen LogP contribution in [0.15, 0.2) is 36.7 Å². The first-order chi connectivity index (χ1) is 12.0. The number of halogens is 1. The first kappa shape index (κ1) is 19.9. The fourth-order valence-corrected chi connectivity index (χ4v) is 2.89. The van der Waals surface area contributed by atoms with Crippen LogP contribution < -0.4 is 16.4 Å². The summed E-state index contributed by atoms with van der Waals surface area (Å²) < 4.78 is 1.38. The fraction of sp³-hybridized carbons (Fsp3) is 0.412. The highest BCUT2D eigenvalue weighted by atomic mass is 35.5. The predicted molar refractivity (Wildman–Crippen MR) is 99.6 cm³/mol. The van der Waals surface area contributed by atoms with E-state index >= 15 is 0 Å². The van der Waals surface area contributed by atoms with E-state index in [1.807, 2.05) is 30.3 Å². The van der Waals surface area contributed by atoms with Crippen molar-refractivity contribution in [2.45, 2.75) is 44.3 Å². The van der Waals surface area contributed by atoms with Gasteiger partial charge in [-0.15, -0.1) is 17.5 Å². The maximum Gasteiger partial charge on any atom is 0.248 e. The lowest BCUT2D eigenvalue weighted by Gasteiger charge is -2.20. The van der Waals surface area contributed by atoms with Crippen molar-refractivity contribution in [3.8, 4) is 0 Å². The molecule has 9 heteroatoms. The molecule has 0 atom stereocenters. The Morgan fingerprint density at radius 1 is 1.19 bits per heavy atom. The maximum absolute atomic E-state index is 12.2. The van der Waals surface area contributed by atoms with Gasteiger partial charge in [0.05, 0.1) is 5.54 Å². The van der Waals surface area contributed by atoms with Gasteiger partial charge < -0.3 is 11.1 Å². The van der Waals surface area contributed by atoms with E-state index in [0.29, 0.717) is 19.4 Å². The van der Waals surface area contributed by atoms with Crippen LogP contribution in [0.4, 0.5) is 5.95 Å². The molecule has 1 aromatic carbocycles. The van der Waals surface area contributed by atoms with E-state index in [0.717, 1.165) is 18.4 Å². The second-order valence-corrected chi connectivity index (χ2v) is 6.35. The summed E-state index contributed by atoms with van der Waals surface area (Å²) >= 11 is 0. The molecular weight excluding hydrogens is 356 g/mol. The molecule has 1 aromatic heterocycles. The van der Waals surface area contributed by atoms with E-state index in [9.17, 15) is 9.59 Å². The Morgan fingerprint density at radius 3 is 2.58 bits per heavy atom. The van der Waals surface area contributed by atoms with E-state index in [4.69, 9.17) is 5.73 Å². The lowest BCUT2D eigenvalue weighted by molar-refractivity contribution is -0.122. The molecule has 3 rings (SSSR count). The van der Waals surface area contributed by atoms with Gasteiger partial charge in [0.15, 0.2) is 0 Å². The zero-order chi connectivity index (χ0) is 17.7. The molecule has 0 radical (unpaired) electrons. The molecule has 0 aliphatic heterocycles. The van der Waals surface area contributed by atoms with E-state index in [-0.39, 0.29) is 36.7 Å². The largest absolute Gasteiger partial charge is 0.350 e. The van der Waals surface area contributed by atoms with E-state index in [1.54, 1.807) is 0 Å². The number of nitrogens with two attached hydrogens (primary N) is 1. The predicted octanol–water partition coefficient (Wildman–Crippen LogP) is 1.23. The first-order valence-corrected chi connectivity index (χ1v) is 8.36. The second-order valence-electron chi connectivity index (χ2n) is 6.35. The van der Waals surface area contributed by atoms with Crippen molar-refractivity contribution in [2.75, 3.05) is 5.32 Å². The Balaban J connectivity index is 0.00000243. The molecule has 0 bridgehead atoms. The fourth-order valence-electron chi connectivity index (χ4n) is 2.89. The topological polar surface area (TPSA) is 115 Å². The third kappa shape index (κ3) is 5.03. The number of aromatic nitrogens is 3. The van der Waals surface area contributed by atoms with Crippen LogP contribution in [0.5, 0.6) is 0 Å². The second kappa shape index (κ2) is 8.77. The summed E-state index contributed by atoms with van der Waals surface area (Å²) in [4.78, 5) is 28.2. The minimum absolute atomic E-state index is 0. The molecule has 26 heavy (non-hydrogen) atoms. The number of carbonyl (C=O) groups is 2. The number of nitrogens with zero attached hydrogens (tertiary/aromatic N) is 3. The molecule has 1 heterocycles. The molecule has 1 aliphatic rings. The number of benzene rings is 1. The molecule has 140 valence electrons. The minimum atomic E-state index is -0.835. The highest BCUT2D eigenvalue weighted by molar-refractivity contribution is 5.96. The summed E-state index contributed by atoms with van der Waals surface area (Å²) in [6.45, 7) is 0.483. The molecular formula is C17H23ClN6O2. The molecule has 0 unspecified atom stereocenters.